The van der Waals surface area contributed by atoms with E-state index in [4.69, 9.17) is 14.5 Å². The lowest BCUT2D eigenvalue weighted by Gasteiger charge is -2.38. The summed E-state index contributed by atoms with van der Waals surface area (Å²) in [6.07, 6.45) is 1.15. The lowest BCUT2D eigenvalue weighted by molar-refractivity contribution is -0.0638. The van der Waals surface area contributed by atoms with Gasteiger partial charge in [-0.15, -0.1) is 0 Å². The molecule has 0 unspecified atom stereocenters. The van der Waals surface area contributed by atoms with E-state index < -0.39 is 8.07 Å². The molecule has 5 heteroatoms. The average Bonchev–Trinajstić information content (AvgIpc) is 2.72. The van der Waals surface area contributed by atoms with Crippen LogP contribution in [0.1, 0.15) is 20.3 Å². The summed E-state index contributed by atoms with van der Waals surface area (Å²) < 4.78 is 11.9. The van der Waals surface area contributed by atoms with E-state index in [2.05, 4.69) is 25.3 Å². The summed E-state index contributed by atoms with van der Waals surface area (Å²) in [5.74, 6) is 0.921. The fourth-order valence-electron chi connectivity index (χ4n) is 4.17. The maximum atomic E-state index is 6.17. The number of nitrogens with one attached hydrogen (secondary N) is 1. The topological polar surface area (TPSA) is 42.8 Å². The number of rotatable bonds is 3. The molecular weight excluding hydrogens is 244 g/mol. The van der Waals surface area contributed by atoms with Gasteiger partial charge in [0.2, 0.25) is 5.90 Å². The standard InChI is InChI=1S/C13H24N2O2Si/c1-5-16-12-9-7-11-13(15-9,17-6-2)10(14-12)8-18(11,3)4/h9-11,15H,5-8H2,1-4H3/t9-,10-,11-,13+/m0/s1. The second kappa shape index (κ2) is 4.05. The third-order valence-corrected chi connectivity index (χ3v) is 8.79. The van der Waals surface area contributed by atoms with Crippen LogP contribution < -0.4 is 5.32 Å². The zero-order chi connectivity index (χ0) is 13.0. The lowest BCUT2D eigenvalue weighted by Crippen LogP contribution is -2.58. The molecule has 2 saturated heterocycles. The third-order valence-electron chi connectivity index (χ3n) is 4.80. The first-order valence-electron chi connectivity index (χ1n) is 7.15. The van der Waals surface area contributed by atoms with E-state index in [1.165, 1.54) is 6.04 Å². The van der Waals surface area contributed by atoms with Crippen LogP contribution in [0.15, 0.2) is 4.99 Å². The van der Waals surface area contributed by atoms with Crippen molar-refractivity contribution in [1.29, 1.82) is 0 Å². The van der Waals surface area contributed by atoms with E-state index in [1.807, 2.05) is 6.92 Å². The Bertz CT molecular complexity index is 385. The Labute approximate surface area is 110 Å². The predicted octanol–water partition coefficient (Wildman–Crippen LogP) is 1.99. The predicted molar refractivity (Wildman–Crippen MR) is 74.8 cm³/mol. The maximum absolute atomic E-state index is 6.17. The van der Waals surface area contributed by atoms with Crippen LogP contribution in [-0.4, -0.2) is 45.0 Å². The fourth-order valence-corrected chi connectivity index (χ4v) is 8.24. The van der Waals surface area contributed by atoms with Crippen molar-refractivity contribution in [3.63, 3.8) is 0 Å². The van der Waals surface area contributed by atoms with E-state index in [9.17, 15) is 0 Å². The van der Waals surface area contributed by atoms with Crippen molar-refractivity contribution in [1.82, 2.24) is 5.32 Å². The summed E-state index contributed by atoms with van der Waals surface area (Å²) in [5.41, 5.74) is 0.497. The Hall–Kier alpha value is -0.393. The van der Waals surface area contributed by atoms with E-state index in [0.717, 1.165) is 18.9 Å². The van der Waals surface area contributed by atoms with E-state index >= 15 is 0 Å². The molecule has 4 nitrogen and oxygen atoms in total. The van der Waals surface area contributed by atoms with Gasteiger partial charge in [-0.2, -0.15) is 0 Å². The zero-order valence-corrected chi connectivity index (χ0v) is 12.8. The van der Waals surface area contributed by atoms with E-state index in [-0.39, 0.29) is 17.8 Å². The van der Waals surface area contributed by atoms with Gasteiger partial charge < -0.3 is 9.47 Å². The van der Waals surface area contributed by atoms with Crippen LogP contribution in [0.5, 0.6) is 0 Å². The maximum Gasteiger partial charge on any atom is 0.201 e. The summed E-state index contributed by atoms with van der Waals surface area (Å²) >= 11 is 0. The first-order chi connectivity index (χ1) is 8.53. The number of hydrogen-bond acceptors (Lipinski definition) is 4. The van der Waals surface area contributed by atoms with E-state index in [1.54, 1.807) is 0 Å². The second-order valence-electron chi connectivity index (χ2n) is 6.32. The first kappa shape index (κ1) is 12.6. The first-order valence-corrected chi connectivity index (χ1v) is 10.4. The molecule has 1 N–H and O–H groups in total. The van der Waals surface area contributed by atoms with Gasteiger partial charge >= 0.3 is 0 Å². The highest BCUT2D eigenvalue weighted by Crippen LogP contribution is 2.57. The molecule has 2 bridgehead atoms. The van der Waals surface area contributed by atoms with Crippen LogP contribution in [0.4, 0.5) is 0 Å². The SMILES string of the molecule is CCOC1=N[C@H]2C[Si](C)(C)[C@H]3C[C@@H]1N[C@@]23OCC. The van der Waals surface area contributed by atoms with E-state index in [0.29, 0.717) is 12.1 Å². The molecular formula is C13H24N2O2Si. The largest absolute Gasteiger partial charge is 0.480 e. The smallest absolute Gasteiger partial charge is 0.201 e. The van der Waals surface area contributed by atoms with Crippen LogP contribution in [0.2, 0.25) is 24.7 Å². The Morgan fingerprint density at radius 3 is 2.83 bits per heavy atom. The second-order valence-corrected chi connectivity index (χ2v) is 11.4. The van der Waals surface area contributed by atoms with Crippen molar-refractivity contribution < 1.29 is 9.47 Å². The minimum absolute atomic E-state index is 0.171. The van der Waals surface area contributed by atoms with Crippen LogP contribution in [-0.2, 0) is 9.47 Å². The summed E-state index contributed by atoms with van der Waals surface area (Å²) in [6, 6.07) is 1.77. The molecule has 2 fully saturated rings. The molecule has 0 saturated carbocycles. The molecule has 0 aromatic heterocycles. The molecule has 3 aliphatic heterocycles. The van der Waals surface area contributed by atoms with Gasteiger partial charge in [0.15, 0.2) is 0 Å². The van der Waals surface area contributed by atoms with Crippen molar-refractivity contribution in [2.45, 2.75) is 62.8 Å². The third kappa shape index (κ3) is 1.53. The van der Waals surface area contributed by atoms with Crippen LogP contribution in [0.3, 0.4) is 0 Å². The molecule has 18 heavy (non-hydrogen) atoms. The molecule has 3 aliphatic rings. The van der Waals surface area contributed by atoms with Gasteiger partial charge in [-0.3, -0.25) is 5.32 Å². The minimum atomic E-state index is -1.24. The molecule has 0 aromatic carbocycles. The minimum Gasteiger partial charge on any atom is -0.480 e. The summed E-state index contributed by atoms with van der Waals surface area (Å²) in [5, 5.41) is 3.71. The summed E-state index contributed by atoms with van der Waals surface area (Å²) in [6.45, 7) is 10.5. The normalized spacial score (nSPS) is 44.0. The van der Waals surface area contributed by atoms with Gasteiger partial charge in [0.1, 0.15) is 5.72 Å². The molecule has 0 radical (unpaired) electrons. The van der Waals surface area contributed by atoms with Gasteiger partial charge in [0.05, 0.1) is 26.8 Å². The molecule has 102 valence electrons. The Morgan fingerprint density at radius 2 is 2.17 bits per heavy atom. The highest BCUT2D eigenvalue weighted by atomic mass is 28.3. The molecule has 3 rings (SSSR count). The number of aliphatic imine (C=N–C) groups is 1. The zero-order valence-electron chi connectivity index (χ0n) is 11.8. The number of fused-ring (bicyclic) bond motifs is 1. The van der Waals surface area contributed by atoms with Crippen molar-refractivity contribution >= 4 is 14.0 Å². The average molecular weight is 268 g/mol. The number of ether oxygens (including phenoxy) is 2. The van der Waals surface area contributed by atoms with Crippen molar-refractivity contribution in [3.8, 4) is 0 Å². The van der Waals surface area contributed by atoms with Crippen molar-refractivity contribution in [2.75, 3.05) is 13.2 Å². The fraction of sp³-hybridized carbons (Fsp3) is 0.923. The van der Waals surface area contributed by atoms with Gasteiger partial charge in [-0.05, 0) is 26.3 Å². The molecule has 0 aliphatic carbocycles. The van der Waals surface area contributed by atoms with Gasteiger partial charge in [0, 0.05) is 12.1 Å². The number of hydrogen-bond donors (Lipinski definition) is 1. The van der Waals surface area contributed by atoms with Crippen molar-refractivity contribution in [3.05, 3.63) is 0 Å². The summed E-state index contributed by atoms with van der Waals surface area (Å²) in [7, 11) is -1.24. The monoisotopic (exact) mass is 268 g/mol. The van der Waals surface area contributed by atoms with Gasteiger partial charge in [-0.1, -0.05) is 13.1 Å². The van der Waals surface area contributed by atoms with Crippen molar-refractivity contribution in [2.24, 2.45) is 4.99 Å². The Balaban J connectivity index is 1.98. The Morgan fingerprint density at radius 1 is 1.39 bits per heavy atom. The molecule has 4 atom stereocenters. The number of nitrogens with zero attached hydrogens (tertiary/aromatic N) is 1. The van der Waals surface area contributed by atoms with Crippen LogP contribution >= 0.6 is 0 Å². The molecule has 0 aromatic rings. The molecule has 0 amide bonds. The van der Waals surface area contributed by atoms with Crippen LogP contribution in [0.25, 0.3) is 0 Å². The highest BCUT2D eigenvalue weighted by Gasteiger charge is 2.67. The molecule has 3 heterocycles. The highest BCUT2D eigenvalue weighted by molar-refractivity contribution is 6.80. The molecule has 0 spiro atoms. The summed E-state index contributed by atoms with van der Waals surface area (Å²) in [4.78, 5) is 4.88. The quantitative estimate of drug-likeness (QED) is 0.796. The Kier molecular flexibility index (Phi) is 2.84. The van der Waals surface area contributed by atoms with Gasteiger partial charge in [0.25, 0.3) is 0 Å². The van der Waals surface area contributed by atoms with Gasteiger partial charge in [-0.25, -0.2) is 4.99 Å². The van der Waals surface area contributed by atoms with Crippen LogP contribution in [0, 0.1) is 0 Å². The lowest BCUT2D eigenvalue weighted by atomic mass is 10.0.